The molecule has 0 saturated carbocycles. The van der Waals surface area contributed by atoms with E-state index in [0.29, 0.717) is 16.3 Å². The smallest absolute Gasteiger partial charge is 0.282 e. The van der Waals surface area contributed by atoms with E-state index in [1.54, 1.807) is 17.8 Å². The second-order valence-corrected chi connectivity index (χ2v) is 7.10. The summed E-state index contributed by atoms with van der Waals surface area (Å²) in [5.74, 6) is -2.41. The molecule has 1 N–H and O–H groups in total. The normalized spacial score (nSPS) is 13.8. The number of carbonyl (C=O) groups is 3. The lowest BCUT2D eigenvalue weighted by atomic mass is 10.1. The van der Waals surface area contributed by atoms with Crippen molar-refractivity contribution in [2.75, 3.05) is 6.54 Å². The summed E-state index contributed by atoms with van der Waals surface area (Å²) in [4.78, 5) is 53.5. The lowest BCUT2D eigenvalue weighted by molar-refractivity contribution is -0.385. The standard InChI is InChI=1S/C21H16FN5O5/c1-25-10-9-23-19(25)18(12-5-7-13(22)8-6-12)24-16(28)11-26-20(29)14-3-2-4-15(27(31)32)17(14)21(26)30/h2-10,18H,11H2,1H3,(H,24,28). The third kappa shape index (κ3) is 3.60. The van der Waals surface area contributed by atoms with E-state index in [2.05, 4.69) is 10.3 Å². The maximum Gasteiger partial charge on any atom is 0.282 e. The van der Waals surface area contributed by atoms with E-state index in [1.165, 1.54) is 42.6 Å². The fourth-order valence-corrected chi connectivity index (χ4v) is 3.57. The number of benzene rings is 2. The summed E-state index contributed by atoms with van der Waals surface area (Å²) in [5.41, 5.74) is -0.432. The number of aromatic nitrogens is 2. The molecule has 0 saturated heterocycles. The summed E-state index contributed by atoms with van der Waals surface area (Å²) in [6.45, 7) is -0.647. The number of fused-ring (bicyclic) bond motifs is 1. The molecule has 32 heavy (non-hydrogen) atoms. The van der Waals surface area contributed by atoms with Crippen molar-refractivity contribution in [3.63, 3.8) is 0 Å². The maximum absolute atomic E-state index is 13.4. The van der Waals surface area contributed by atoms with Gasteiger partial charge in [0, 0.05) is 25.5 Å². The second kappa shape index (κ2) is 8.02. The molecule has 1 aromatic heterocycles. The summed E-state index contributed by atoms with van der Waals surface area (Å²) in [7, 11) is 1.72. The largest absolute Gasteiger partial charge is 0.341 e. The Bertz CT molecular complexity index is 1250. The number of rotatable bonds is 6. The SMILES string of the molecule is Cn1ccnc1C(NC(=O)CN1C(=O)c2cccc([N+](=O)[O-])c2C1=O)c1ccc(F)cc1. The van der Waals surface area contributed by atoms with Gasteiger partial charge in [-0.1, -0.05) is 18.2 Å². The first kappa shape index (κ1) is 20.8. The van der Waals surface area contributed by atoms with Gasteiger partial charge in [-0.2, -0.15) is 0 Å². The number of nitro groups is 1. The Kier molecular flexibility index (Phi) is 5.23. The van der Waals surface area contributed by atoms with Crippen LogP contribution in [0.3, 0.4) is 0 Å². The van der Waals surface area contributed by atoms with Crippen molar-refractivity contribution in [3.8, 4) is 0 Å². The Balaban J connectivity index is 1.59. The van der Waals surface area contributed by atoms with Crippen molar-refractivity contribution in [2.45, 2.75) is 6.04 Å². The van der Waals surface area contributed by atoms with Crippen molar-refractivity contribution < 1.29 is 23.7 Å². The van der Waals surface area contributed by atoms with Gasteiger partial charge in [-0.15, -0.1) is 0 Å². The summed E-state index contributed by atoms with van der Waals surface area (Å²) >= 11 is 0. The topological polar surface area (TPSA) is 127 Å². The molecular weight excluding hydrogens is 421 g/mol. The molecule has 4 rings (SSSR count). The van der Waals surface area contributed by atoms with Crippen LogP contribution in [0.25, 0.3) is 0 Å². The van der Waals surface area contributed by atoms with Gasteiger partial charge >= 0.3 is 0 Å². The van der Waals surface area contributed by atoms with Crippen LogP contribution in [0.15, 0.2) is 54.9 Å². The van der Waals surface area contributed by atoms with Crippen LogP contribution in [-0.4, -0.2) is 43.6 Å². The molecule has 1 atom stereocenters. The molecule has 3 aromatic rings. The number of hydrogen-bond acceptors (Lipinski definition) is 6. The number of nitro benzene ring substituents is 1. The third-order valence-corrected chi connectivity index (χ3v) is 5.10. The molecular formula is C21H16FN5O5. The zero-order chi connectivity index (χ0) is 23.0. The van der Waals surface area contributed by atoms with E-state index in [1.807, 2.05) is 0 Å². The molecule has 1 aliphatic rings. The van der Waals surface area contributed by atoms with Crippen LogP contribution in [0.2, 0.25) is 0 Å². The third-order valence-electron chi connectivity index (χ3n) is 5.10. The monoisotopic (exact) mass is 437 g/mol. The average Bonchev–Trinajstić information content (AvgIpc) is 3.29. The molecule has 162 valence electrons. The van der Waals surface area contributed by atoms with Gasteiger partial charge in [0.2, 0.25) is 5.91 Å². The Morgan fingerprint density at radius 1 is 1.19 bits per heavy atom. The number of hydrogen-bond donors (Lipinski definition) is 1. The Morgan fingerprint density at radius 3 is 2.53 bits per heavy atom. The van der Waals surface area contributed by atoms with E-state index in [9.17, 15) is 28.9 Å². The van der Waals surface area contributed by atoms with E-state index in [-0.39, 0.29) is 11.1 Å². The molecule has 2 heterocycles. The van der Waals surface area contributed by atoms with Crippen molar-refractivity contribution in [1.82, 2.24) is 19.8 Å². The van der Waals surface area contributed by atoms with E-state index in [4.69, 9.17) is 0 Å². The summed E-state index contributed by atoms with van der Waals surface area (Å²) in [6, 6.07) is 8.39. The van der Waals surface area contributed by atoms with Crippen LogP contribution in [0.1, 0.15) is 38.1 Å². The lowest BCUT2D eigenvalue weighted by Crippen LogP contribution is -2.42. The molecule has 1 aliphatic heterocycles. The van der Waals surface area contributed by atoms with Gasteiger partial charge in [0.05, 0.1) is 10.5 Å². The van der Waals surface area contributed by atoms with Crippen molar-refractivity contribution in [2.24, 2.45) is 7.05 Å². The molecule has 0 bridgehead atoms. The number of nitrogens with zero attached hydrogens (tertiary/aromatic N) is 4. The molecule has 2 aromatic carbocycles. The highest BCUT2D eigenvalue weighted by molar-refractivity contribution is 6.24. The number of imide groups is 1. The molecule has 1 unspecified atom stereocenters. The summed E-state index contributed by atoms with van der Waals surface area (Å²) in [6.07, 6.45) is 3.20. The molecule has 0 radical (unpaired) electrons. The highest BCUT2D eigenvalue weighted by Crippen LogP contribution is 2.30. The lowest BCUT2D eigenvalue weighted by Gasteiger charge is -2.21. The first-order valence-electron chi connectivity index (χ1n) is 9.43. The van der Waals surface area contributed by atoms with Crippen LogP contribution in [0.4, 0.5) is 10.1 Å². The summed E-state index contributed by atoms with van der Waals surface area (Å²) < 4.78 is 15.0. The first-order chi connectivity index (χ1) is 15.3. The quantitative estimate of drug-likeness (QED) is 0.357. The fraction of sp³-hybridized carbons (Fsp3) is 0.143. The Hall–Kier alpha value is -4.41. The molecule has 10 nitrogen and oxygen atoms in total. The zero-order valence-corrected chi connectivity index (χ0v) is 16.7. The number of aryl methyl sites for hydroxylation is 1. The van der Waals surface area contributed by atoms with Gasteiger partial charge in [0.15, 0.2) is 0 Å². The maximum atomic E-state index is 13.4. The summed E-state index contributed by atoms with van der Waals surface area (Å²) in [5, 5.41) is 13.9. The molecule has 0 aliphatic carbocycles. The predicted octanol–water partition coefficient (Wildman–Crippen LogP) is 1.97. The van der Waals surface area contributed by atoms with Gasteiger partial charge in [-0.3, -0.25) is 29.4 Å². The van der Waals surface area contributed by atoms with E-state index >= 15 is 0 Å². The molecule has 11 heteroatoms. The minimum atomic E-state index is -0.914. The number of halogens is 1. The van der Waals surface area contributed by atoms with Crippen molar-refractivity contribution in [1.29, 1.82) is 0 Å². The zero-order valence-electron chi connectivity index (χ0n) is 16.7. The van der Waals surface area contributed by atoms with E-state index < -0.39 is 46.7 Å². The number of imidazole rings is 1. The van der Waals surface area contributed by atoms with Crippen molar-refractivity contribution >= 4 is 23.4 Å². The highest BCUT2D eigenvalue weighted by Gasteiger charge is 2.41. The predicted molar refractivity (Wildman–Crippen MR) is 108 cm³/mol. The van der Waals surface area contributed by atoms with Crippen molar-refractivity contribution in [3.05, 3.63) is 93.3 Å². The van der Waals surface area contributed by atoms with Crippen LogP contribution < -0.4 is 5.32 Å². The first-order valence-corrected chi connectivity index (χ1v) is 9.43. The van der Waals surface area contributed by atoms with Gasteiger partial charge in [-0.25, -0.2) is 9.37 Å². The number of carbonyl (C=O) groups excluding carboxylic acids is 3. The molecule has 0 spiro atoms. The van der Waals surface area contributed by atoms with Crippen LogP contribution in [-0.2, 0) is 11.8 Å². The fourth-order valence-electron chi connectivity index (χ4n) is 3.57. The van der Waals surface area contributed by atoms with E-state index in [0.717, 1.165) is 6.07 Å². The van der Waals surface area contributed by atoms with Crippen LogP contribution >= 0.6 is 0 Å². The second-order valence-electron chi connectivity index (χ2n) is 7.10. The highest BCUT2D eigenvalue weighted by atomic mass is 19.1. The number of amides is 3. The molecule has 0 fully saturated rings. The molecule has 3 amide bonds. The van der Waals surface area contributed by atoms with Crippen LogP contribution in [0.5, 0.6) is 0 Å². The number of nitrogens with one attached hydrogen (secondary N) is 1. The van der Waals surface area contributed by atoms with Gasteiger partial charge in [-0.05, 0) is 23.8 Å². The van der Waals surface area contributed by atoms with Crippen LogP contribution in [0, 0.1) is 15.9 Å². The Labute approximate surface area is 180 Å². The van der Waals surface area contributed by atoms with Gasteiger partial charge in [0.25, 0.3) is 17.5 Å². The van der Waals surface area contributed by atoms with Gasteiger partial charge in [0.1, 0.15) is 29.8 Å². The minimum absolute atomic E-state index is 0.129. The van der Waals surface area contributed by atoms with Gasteiger partial charge < -0.3 is 9.88 Å². The minimum Gasteiger partial charge on any atom is -0.341 e. The average molecular weight is 437 g/mol. The Morgan fingerprint density at radius 2 is 1.91 bits per heavy atom.